The largest absolute Gasteiger partial charge is 0.330 e. The first-order chi connectivity index (χ1) is 9.36. The van der Waals surface area contributed by atoms with E-state index in [9.17, 15) is 9.59 Å². The number of hydrogen-bond donors (Lipinski definition) is 0. The summed E-state index contributed by atoms with van der Waals surface area (Å²) >= 11 is 0. The van der Waals surface area contributed by atoms with Crippen LogP contribution in [0.3, 0.4) is 0 Å². The highest BCUT2D eigenvalue weighted by Crippen LogP contribution is 2.11. The van der Waals surface area contributed by atoms with Crippen molar-refractivity contribution in [2.45, 2.75) is 20.4 Å². The summed E-state index contributed by atoms with van der Waals surface area (Å²) in [6.45, 7) is 3.93. The first kappa shape index (κ1) is 13.8. The minimum atomic E-state index is -0.388. The summed E-state index contributed by atoms with van der Waals surface area (Å²) < 4.78 is 4.14. The molecular formula is C13H15N5O2. The molecule has 0 saturated heterocycles. The van der Waals surface area contributed by atoms with Crippen molar-refractivity contribution in [1.82, 2.24) is 18.7 Å². The van der Waals surface area contributed by atoms with E-state index in [1.807, 2.05) is 19.9 Å². The molecule has 7 heteroatoms. The molecule has 0 unspecified atom stereocenters. The fourth-order valence-electron chi connectivity index (χ4n) is 2.03. The Bertz CT molecular complexity index is 832. The van der Waals surface area contributed by atoms with Gasteiger partial charge in [-0.05, 0) is 13.8 Å². The van der Waals surface area contributed by atoms with E-state index >= 15 is 0 Å². The molecule has 20 heavy (non-hydrogen) atoms. The Morgan fingerprint density at radius 1 is 1.25 bits per heavy atom. The third-order valence-corrected chi connectivity index (χ3v) is 3.50. The van der Waals surface area contributed by atoms with E-state index in [2.05, 4.69) is 4.98 Å². The number of imidazole rings is 1. The Hall–Kier alpha value is -2.62. The van der Waals surface area contributed by atoms with Crippen LogP contribution in [0.5, 0.6) is 0 Å². The van der Waals surface area contributed by atoms with Gasteiger partial charge in [0, 0.05) is 31.5 Å². The predicted molar refractivity (Wildman–Crippen MR) is 72.4 cm³/mol. The van der Waals surface area contributed by atoms with E-state index in [4.69, 9.17) is 5.26 Å². The van der Waals surface area contributed by atoms with Crippen molar-refractivity contribution in [3.05, 3.63) is 49.8 Å². The van der Waals surface area contributed by atoms with Gasteiger partial charge in [-0.25, -0.2) is 9.78 Å². The number of nitriles is 1. The summed E-state index contributed by atoms with van der Waals surface area (Å²) in [7, 11) is 3.03. The van der Waals surface area contributed by atoms with Crippen molar-refractivity contribution in [1.29, 1.82) is 5.26 Å². The molecule has 0 bridgehead atoms. The maximum absolute atomic E-state index is 11.9. The maximum Gasteiger partial charge on any atom is 0.330 e. The van der Waals surface area contributed by atoms with E-state index in [0.29, 0.717) is 5.69 Å². The van der Waals surface area contributed by atoms with Gasteiger partial charge in [-0.2, -0.15) is 5.26 Å². The van der Waals surface area contributed by atoms with Gasteiger partial charge in [-0.1, -0.05) is 0 Å². The van der Waals surface area contributed by atoms with Crippen molar-refractivity contribution in [2.24, 2.45) is 14.1 Å². The second-order valence-electron chi connectivity index (χ2n) is 4.68. The summed E-state index contributed by atoms with van der Waals surface area (Å²) in [6.07, 6.45) is 0. The Morgan fingerprint density at radius 3 is 2.50 bits per heavy atom. The van der Waals surface area contributed by atoms with Crippen LogP contribution in [0.1, 0.15) is 22.9 Å². The molecule has 0 spiro atoms. The van der Waals surface area contributed by atoms with E-state index in [0.717, 1.165) is 16.0 Å². The van der Waals surface area contributed by atoms with Crippen LogP contribution in [0.4, 0.5) is 0 Å². The summed E-state index contributed by atoms with van der Waals surface area (Å²) in [5, 5.41) is 9.09. The van der Waals surface area contributed by atoms with Crippen LogP contribution >= 0.6 is 0 Å². The molecule has 0 aliphatic heterocycles. The van der Waals surface area contributed by atoms with Crippen LogP contribution in [0.15, 0.2) is 15.7 Å². The predicted octanol–water partition coefficient (Wildman–Crippen LogP) is -0.183. The average molecular weight is 273 g/mol. The standard InChI is InChI=1S/C13H15N5O2/c1-8-9(2)18(11(6-14)15-8)7-10-5-12(19)17(4)13(20)16(10)3/h5H,7H2,1-4H3. The zero-order valence-corrected chi connectivity index (χ0v) is 11.8. The van der Waals surface area contributed by atoms with Gasteiger partial charge in [0.15, 0.2) is 0 Å². The molecule has 2 heterocycles. The fraction of sp³-hybridized carbons (Fsp3) is 0.385. The molecule has 0 fully saturated rings. The molecule has 0 radical (unpaired) electrons. The molecule has 2 aromatic rings. The Kier molecular flexibility index (Phi) is 3.32. The topological polar surface area (TPSA) is 85.6 Å². The molecule has 0 N–H and O–H groups in total. The molecule has 0 saturated carbocycles. The van der Waals surface area contributed by atoms with Crippen LogP contribution in [0, 0.1) is 25.2 Å². The van der Waals surface area contributed by atoms with Gasteiger partial charge in [0.25, 0.3) is 5.56 Å². The van der Waals surface area contributed by atoms with E-state index in [1.165, 1.54) is 17.7 Å². The molecule has 7 nitrogen and oxygen atoms in total. The number of hydrogen-bond acceptors (Lipinski definition) is 4. The lowest BCUT2D eigenvalue weighted by Crippen LogP contribution is -2.38. The lowest BCUT2D eigenvalue weighted by molar-refractivity contribution is 0.617. The van der Waals surface area contributed by atoms with E-state index in [1.54, 1.807) is 11.6 Å². The van der Waals surface area contributed by atoms with Gasteiger partial charge in [0.1, 0.15) is 6.07 Å². The van der Waals surface area contributed by atoms with Crippen molar-refractivity contribution >= 4 is 0 Å². The van der Waals surface area contributed by atoms with Crippen LogP contribution in [0.2, 0.25) is 0 Å². The second-order valence-corrected chi connectivity index (χ2v) is 4.68. The zero-order valence-electron chi connectivity index (χ0n) is 11.8. The number of aromatic nitrogens is 4. The highest BCUT2D eigenvalue weighted by atomic mass is 16.2. The molecule has 0 aliphatic carbocycles. The van der Waals surface area contributed by atoms with Gasteiger partial charge in [0.05, 0.1) is 12.2 Å². The van der Waals surface area contributed by atoms with Gasteiger partial charge in [-0.15, -0.1) is 0 Å². The van der Waals surface area contributed by atoms with Gasteiger partial charge in [-0.3, -0.25) is 13.9 Å². The van der Waals surface area contributed by atoms with Crippen molar-refractivity contribution in [2.75, 3.05) is 0 Å². The molecule has 0 aromatic carbocycles. The van der Waals surface area contributed by atoms with Crippen LogP contribution in [-0.4, -0.2) is 18.7 Å². The van der Waals surface area contributed by atoms with Crippen LogP contribution in [0.25, 0.3) is 0 Å². The van der Waals surface area contributed by atoms with Gasteiger partial charge < -0.3 is 4.57 Å². The quantitative estimate of drug-likeness (QED) is 0.759. The smallest absolute Gasteiger partial charge is 0.314 e. The van der Waals surface area contributed by atoms with Crippen molar-refractivity contribution in [3.63, 3.8) is 0 Å². The monoisotopic (exact) mass is 273 g/mol. The molecule has 2 aromatic heterocycles. The minimum Gasteiger partial charge on any atom is -0.314 e. The van der Waals surface area contributed by atoms with E-state index < -0.39 is 0 Å². The zero-order chi connectivity index (χ0) is 15.0. The highest BCUT2D eigenvalue weighted by molar-refractivity contribution is 5.24. The number of aryl methyl sites for hydroxylation is 1. The minimum absolute atomic E-state index is 0.261. The first-order valence-electron chi connectivity index (χ1n) is 6.06. The lowest BCUT2D eigenvalue weighted by Gasteiger charge is -2.11. The number of rotatable bonds is 2. The normalized spacial score (nSPS) is 10.6. The van der Waals surface area contributed by atoms with Gasteiger partial charge >= 0.3 is 5.69 Å². The average Bonchev–Trinajstić information content (AvgIpc) is 2.70. The second kappa shape index (κ2) is 4.81. The summed E-state index contributed by atoms with van der Waals surface area (Å²) in [5.41, 5.74) is 1.39. The summed E-state index contributed by atoms with van der Waals surface area (Å²) in [5.74, 6) is 0.271. The Labute approximate surface area is 115 Å². The Morgan fingerprint density at radius 2 is 1.90 bits per heavy atom. The summed E-state index contributed by atoms with van der Waals surface area (Å²) in [6, 6.07) is 3.42. The van der Waals surface area contributed by atoms with Crippen molar-refractivity contribution in [3.8, 4) is 6.07 Å². The molecule has 0 atom stereocenters. The van der Waals surface area contributed by atoms with Crippen molar-refractivity contribution < 1.29 is 0 Å². The lowest BCUT2D eigenvalue weighted by atomic mass is 10.3. The maximum atomic E-state index is 11.9. The van der Waals surface area contributed by atoms with E-state index in [-0.39, 0.29) is 23.6 Å². The SMILES string of the molecule is Cc1nc(C#N)n(Cc2cc(=O)n(C)c(=O)n2C)c1C. The molecule has 0 amide bonds. The van der Waals surface area contributed by atoms with Crippen LogP contribution < -0.4 is 11.2 Å². The third-order valence-electron chi connectivity index (χ3n) is 3.50. The number of nitrogens with zero attached hydrogens (tertiary/aromatic N) is 5. The summed E-state index contributed by atoms with van der Waals surface area (Å²) in [4.78, 5) is 27.7. The Balaban J connectivity index is 2.60. The van der Waals surface area contributed by atoms with Crippen LogP contribution in [-0.2, 0) is 20.6 Å². The molecule has 0 aliphatic rings. The molecule has 104 valence electrons. The highest BCUT2D eigenvalue weighted by Gasteiger charge is 2.13. The first-order valence-corrected chi connectivity index (χ1v) is 6.06. The fourth-order valence-corrected chi connectivity index (χ4v) is 2.03. The van der Waals surface area contributed by atoms with Gasteiger partial charge in [0.2, 0.25) is 5.82 Å². The molecule has 2 rings (SSSR count). The third kappa shape index (κ3) is 2.05. The molecular weight excluding hydrogens is 258 g/mol.